The standard InChI is InChI=1S/C13H18N2O3/c1-17-13(3-6-18-7-4-13)11(16)8-10-2-5-15-12(14)9-10/h2,5,9H,3-4,6-8H2,1H3,(H2,14,15). The summed E-state index contributed by atoms with van der Waals surface area (Å²) in [6.45, 7) is 1.14. The molecule has 0 aliphatic carbocycles. The van der Waals surface area contributed by atoms with E-state index in [0.29, 0.717) is 38.3 Å². The molecule has 0 amide bonds. The molecule has 1 aromatic heterocycles. The Morgan fingerprint density at radius 1 is 1.56 bits per heavy atom. The van der Waals surface area contributed by atoms with Crippen LogP contribution < -0.4 is 5.73 Å². The maximum absolute atomic E-state index is 12.4. The Bertz CT molecular complexity index is 428. The number of aromatic nitrogens is 1. The van der Waals surface area contributed by atoms with Gasteiger partial charge in [-0.15, -0.1) is 0 Å². The van der Waals surface area contributed by atoms with Gasteiger partial charge in [0.05, 0.1) is 0 Å². The summed E-state index contributed by atoms with van der Waals surface area (Å²) in [6.07, 6.45) is 3.16. The van der Waals surface area contributed by atoms with Gasteiger partial charge >= 0.3 is 0 Å². The van der Waals surface area contributed by atoms with Gasteiger partial charge < -0.3 is 15.2 Å². The molecule has 2 N–H and O–H groups in total. The number of rotatable bonds is 4. The van der Waals surface area contributed by atoms with E-state index in [1.54, 1.807) is 25.4 Å². The number of hydrogen-bond donors (Lipinski definition) is 1. The van der Waals surface area contributed by atoms with E-state index in [2.05, 4.69) is 4.98 Å². The van der Waals surface area contributed by atoms with Gasteiger partial charge in [0.2, 0.25) is 0 Å². The summed E-state index contributed by atoms with van der Waals surface area (Å²) in [6, 6.07) is 3.53. The van der Waals surface area contributed by atoms with Crippen LogP contribution in [0.1, 0.15) is 18.4 Å². The van der Waals surface area contributed by atoms with Gasteiger partial charge in [-0.25, -0.2) is 4.98 Å². The minimum Gasteiger partial charge on any atom is -0.384 e. The number of carbonyl (C=O) groups excluding carboxylic acids is 1. The number of methoxy groups -OCH3 is 1. The largest absolute Gasteiger partial charge is 0.384 e. The molecule has 0 atom stereocenters. The fourth-order valence-electron chi connectivity index (χ4n) is 2.25. The molecular weight excluding hydrogens is 232 g/mol. The molecule has 1 saturated heterocycles. The summed E-state index contributed by atoms with van der Waals surface area (Å²) >= 11 is 0. The Balaban J connectivity index is 2.10. The average Bonchev–Trinajstić information content (AvgIpc) is 2.39. The van der Waals surface area contributed by atoms with Crippen LogP contribution >= 0.6 is 0 Å². The maximum atomic E-state index is 12.4. The number of Topliss-reactive ketones (excluding diaryl/α,β-unsaturated/α-hetero) is 1. The van der Waals surface area contributed by atoms with E-state index in [1.165, 1.54) is 0 Å². The molecule has 5 nitrogen and oxygen atoms in total. The number of anilines is 1. The number of carbonyl (C=O) groups is 1. The van der Waals surface area contributed by atoms with Crippen LogP contribution in [0.4, 0.5) is 5.82 Å². The molecule has 0 bridgehead atoms. The Labute approximate surface area is 106 Å². The van der Waals surface area contributed by atoms with Crippen LogP contribution in [0.3, 0.4) is 0 Å². The molecule has 0 unspecified atom stereocenters. The molecule has 1 aliphatic rings. The second-order valence-electron chi connectivity index (χ2n) is 4.50. The van der Waals surface area contributed by atoms with Crippen LogP contribution in [0.5, 0.6) is 0 Å². The predicted molar refractivity (Wildman–Crippen MR) is 67.2 cm³/mol. The smallest absolute Gasteiger partial charge is 0.169 e. The number of ether oxygens (including phenoxy) is 2. The Morgan fingerprint density at radius 3 is 2.89 bits per heavy atom. The lowest BCUT2D eigenvalue weighted by atomic mass is 9.86. The van der Waals surface area contributed by atoms with Crippen molar-refractivity contribution >= 4 is 11.6 Å². The zero-order valence-corrected chi connectivity index (χ0v) is 10.5. The van der Waals surface area contributed by atoms with Crippen molar-refractivity contribution in [1.29, 1.82) is 0 Å². The van der Waals surface area contributed by atoms with E-state index in [1.807, 2.05) is 0 Å². The average molecular weight is 250 g/mol. The third-order valence-electron chi connectivity index (χ3n) is 3.41. The molecule has 5 heteroatoms. The summed E-state index contributed by atoms with van der Waals surface area (Å²) in [7, 11) is 1.59. The zero-order chi connectivity index (χ0) is 13.0. The first-order chi connectivity index (χ1) is 8.66. The third-order valence-corrected chi connectivity index (χ3v) is 3.41. The molecule has 0 aromatic carbocycles. The van der Waals surface area contributed by atoms with E-state index in [9.17, 15) is 4.79 Å². The van der Waals surface area contributed by atoms with Crippen LogP contribution in [0, 0.1) is 0 Å². The normalized spacial score (nSPS) is 18.5. The van der Waals surface area contributed by atoms with Crippen molar-refractivity contribution < 1.29 is 14.3 Å². The number of nitrogen functional groups attached to an aromatic ring is 1. The summed E-state index contributed by atoms with van der Waals surface area (Å²) in [5.74, 6) is 0.512. The second kappa shape index (κ2) is 5.46. The molecular formula is C13H18N2O3. The zero-order valence-electron chi connectivity index (χ0n) is 10.5. The predicted octanol–water partition coefficient (Wildman–Crippen LogP) is 0.971. The number of nitrogens with two attached hydrogens (primary N) is 1. The van der Waals surface area contributed by atoms with E-state index < -0.39 is 5.60 Å². The van der Waals surface area contributed by atoms with E-state index >= 15 is 0 Å². The molecule has 1 fully saturated rings. The van der Waals surface area contributed by atoms with Crippen LogP contribution in [-0.2, 0) is 20.7 Å². The van der Waals surface area contributed by atoms with Crippen LogP contribution in [-0.4, -0.2) is 36.7 Å². The van der Waals surface area contributed by atoms with Crippen LogP contribution in [0.15, 0.2) is 18.3 Å². The molecule has 0 saturated carbocycles. The number of hydrogen-bond acceptors (Lipinski definition) is 5. The molecule has 1 aliphatic heterocycles. The fraction of sp³-hybridized carbons (Fsp3) is 0.538. The molecule has 98 valence electrons. The fourth-order valence-corrected chi connectivity index (χ4v) is 2.25. The van der Waals surface area contributed by atoms with Crippen LogP contribution in [0.25, 0.3) is 0 Å². The van der Waals surface area contributed by atoms with Gasteiger partial charge in [-0.1, -0.05) is 0 Å². The lowest BCUT2D eigenvalue weighted by Gasteiger charge is -2.34. The van der Waals surface area contributed by atoms with E-state index in [-0.39, 0.29) is 5.78 Å². The molecule has 2 heterocycles. The van der Waals surface area contributed by atoms with E-state index in [0.717, 1.165) is 5.56 Å². The molecule has 0 spiro atoms. The Kier molecular flexibility index (Phi) is 3.93. The van der Waals surface area contributed by atoms with Crippen molar-refractivity contribution in [2.75, 3.05) is 26.1 Å². The quantitative estimate of drug-likeness (QED) is 0.862. The first-order valence-electron chi connectivity index (χ1n) is 6.03. The van der Waals surface area contributed by atoms with Crippen LogP contribution in [0.2, 0.25) is 0 Å². The molecule has 18 heavy (non-hydrogen) atoms. The lowest BCUT2D eigenvalue weighted by Crippen LogP contribution is -2.46. The van der Waals surface area contributed by atoms with Gasteiger partial charge in [-0.3, -0.25) is 4.79 Å². The first kappa shape index (κ1) is 13.0. The van der Waals surface area contributed by atoms with Gasteiger partial charge in [0, 0.05) is 45.8 Å². The monoisotopic (exact) mass is 250 g/mol. The summed E-state index contributed by atoms with van der Waals surface area (Å²) in [5.41, 5.74) is 5.78. The van der Waals surface area contributed by atoms with Gasteiger partial charge in [-0.05, 0) is 17.7 Å². The lowest BCUT2D eigenvalue weighted by molar-refractivity contribution is -0.151. The number of pyridine rings is 1. The highest BCUT2D eigenvalue weighted by Gasteiger charge is 2.39. The second-order valence-corrected chi connectivity index (χ2v) is 4.50. The Hall–Kier alpha value is -1.46. The third kappa shape index (κ3) is 2.68. The van der Waals surface area contributed by atoms with Gasteiger partial charge in [-0.2, -0.15) is 0 Å². The van der Waals surface area contributed by atoms with Gasteiger partial charge in [0.15, 0.2) is 5.78 Å². The van der Waals surface area contributed by atoms with Crippen molar-refractivity contribution in [3.05, 3.63) is 23.9 Å². The van der Waals surface area contributed by atoms with Crippen molar-refractivity contribution in [1.82, 2.24) is 4.98 Å². The summed E-state index contributed by atoms with van der Waals surface area (Å²) < 4.78 is 10.8. The van der Waals surface area contributed by atoms with E-state index in [4.69, 9.17) is 15.2 Å². The molecule has 2 rings (SSSR count). The SMILES string of the molecule is COC1(C(=O)Cc2ccnc(N)c2)CCOCC1. The minimum absolute atomic E-state index is 0.0823. The van der Waals surface area contributed by atoms with Crippen molar-refractivity contribution in [2.24, 2.45) is 0 Å². The highest BCUT2D eigenvalue weighted by Crippen LogP contribution is 2.27. The summed E-state index contributed by atoms with van der Waals surface area (Å²) in [5, 5.41) is 0. The highest BCUT2D eigenvalue weighted by molar-refractivity contribution is 5.89. The van der Waals surface area contributed by atoms with Gasteiger partial charge in [0.25, 0.3) is 0 Å². The topological polar surface area (TPSA) is 74.4 Å². The Morgan fingerprint density at radius 2 is 2.28 bits per heavy atom. The van der Waals surface area contributed by atoms with Crippen molar-refractivity contribution in [3.63, 3.8) is 0 Å². The minimum atomic E-state index is -0.698. The first-order valence-corrected chi connectivity index (χ1v) is 6.03. The highest BCUT2D eigenvalue weighted by atomic mass is 16.5. The summed E-state index contributed by atoms with van der Waals surface area (Å²) in [4.78, 5) is 16.3. The van der Waals surface area contributed by atoms with Crippen molar-refractivity contribution in [2.45, 2.75) is 24.9 Å². The number of nitrogens with zero attached hydrogens (tertiary/aromatic N) is 1. The van der Waals surface area contributed by atoms with Gasteiger partial charge in [0.1, 0.15) is 11.4 Å². The number of ketones is 1. The molecule has 1 aromatic rings. The van der Waals surface area contributed by atoms with Crippen molar-refractivity contribution in [3.8, 4) is 0 Å². The maximum Gasteiger partial charge on any atom is 0.169 e. The molecule has 0 radical (unpaired) electrons.